The topological polar surface area (TPSA) is 62.7 Å². The highest BCUT2D eigenvalue weighted by Gasteiger charge is 2.17. The third kappa shape index (κ3) is 3.90. The summed E-state index contributed by atoms with van der Waals surface area (Å²) in [6.07, 6.45) is 2.44. The zero-order chi connectivity index (χ0) is 16.1. The number of nitrogens with zero attached hydrogens (tertiary/aromatic N) is 2. The number of carbonyl (C=O) groups excluding carboxylic acids is 1. The van der Waals surface area contributed by atoms with E-state index >= 15 is 0 Å². The molecule has 118 valence electrons. The van der Waals surface area contributed by atoms with Gasteiger partial charge in [0.2, 0.25) is 0 Å². The van der Waals surface area contributed by atoms with Crippen LogP contribution in [0.15, 0.2) is 23.7 Å². The maximum Gasteiger partial charge on any atom is 0.253 e. The molecule has 2 aromatic rings. The Balaban J connectivity index is 2.10. The first-order valence-electron chi connectivity index (χ1n) is 6.82. The summed E-state index contributed by atoms with van der Waals surface area (Å²) in [4.78, 5) is 18.2. The second-order valence-electron chi connectivity index (χ2n) is 4.64. The van der Waals surface area contributed by atoms with E-state index in [9.17, 15) is 9.90 Å². The molecule has 0 fully saturated rings. The molecule has 1 aromatic carbocycles. The molecule has 1 heterocycles. The molecule has 0 atom stereocenters. The summed E-state index contributed by atoms with van der Waals surface area (Å²) in [5.74, 6) is -0.114. The zero-order valence-corrected chi connectivity index (χ0v) is 13.9. The van der Waals surface area contributed by atoms with Crippen molar-refractivity contribution >= 4 is 28.8 Å². The summed E-state index contributed by atoms with van der Waals surface area (Å²) in [5.41, 5.74) is 0.382. The van der Waals surface area contributed by atoms with Crippen LogP contribution >= 0.6 is 22.9 Å². The number of likely N-dealkylation sites (N-methyl/N-ethyl adjacent to an activating group) is 1. The predicted octanol–water partition coefficient (Wildman–Crippen LogP) is 3.22. The molecule has 0 aliphatic carbocycles. The standard InChI is InChI=1S/C15H17ClN2O3S/c1-3-21-12-9-10(8-11(16)14(12)19)15(20)18(2)6-4-13-17-5-7-22-13/h5,7-9,19H,3-4,6H2,1-2H3. The Bertz CT molecular complexity index is 646. The van der Waals surface area contributed by atoms with Crippen molar-refractivity contribution < 1.29 is 14.6 Å². The van der Waals surface area contributed by atoms with E-state index in [1.165, 1.54) is 12.1 Å². The highest BCUT2D eigenvalue weighted by Crippen LogP contribution is 2.35. The minimum Gasteiger partial charge on any atom is -0.503 e. The zero-order valence-electron chi connectivity index (χ0n) is 12.4. The van der Waals surface area contributed by atoms with Crippen molar-refractivity contribution in [3.8, 4) is 11.5 Å². The fraction of sp³-hybridized carbons (Fsp3) is 0.333. The second-order valence-corrected chi connectivity index (χ2v) is 6.03. The van der Waals surface area contributed by atoms with Gasteiger partial charge in [0, 0.05) is 37.2 Å². The number of hydrogen-bond donors (Lipinski definition) is 1. The van der Waals surface area contributed by atoms with Crippen LogP contribution in [0.2, 0.25) is 5.02 Å². The van der Waals surface area contributed by atoms with Crippen LogP contribution in [0.3, 0.4) is 0 Å². The normalized spacial score (nSPS) is 10.5. The Labute approximate surface area is 138 Å². The van der Waals surface area contributed by atoms with Crippen LogP contribution in [0.5, 0.6) is 11.5 Å². The maximum atomic E-state index is 12.4. The minimum absolute atomic E-state index is 0.0997. The van der Waals surface area contributed by atoms with E-state index in [4.69, 9.17) is 16.3 Å². The molecule has 1 amide bonds. The van der Waals surface area contributed by atoms with Crippen LogP contribution in [0.4, 0.5) is 0 Å². The number of benzene rings is 1. The minimum atomic E-state index is -0.181. The predicted molar refractivity (Wildman–Crippen MR) is 87.1 cm³/mol. The lowest BCUT2D eigenvalue weighted by Gasteiger charge is -2.17. The summed E-state index contributed by atoms with van der Waals surface area (Å²) in [6.45, 7) is 2.72. The molecular formula is C15H17ClN2O3S. The molecule has 0 radical (unpaired) electrons. The van der Waals surface area contributed by atoms with Crippen LogP contribution in [0, 0.1) is 0 Å². The number of carbonyl (C=O) groups is 1. The van der Waals surface area contributed by atoms with Crippen molar-refractivity contribution in [3.05, 3.63) is 39.3 Å². The van der Waals surface area contributed by atoms with Gasteiger partial charge in [0.25, 0.3) is 5.91 Å². The van der Waals surface area contributed by atoms with Gasteiger partial charge in [-0.2, -0.15) is 0 Å². The fourth-order valence-electron chi connectivity index (χ4n) is 1.92. The van der Waals surface area contributed by atoms with Crippen LogP contribution < -0.4 is 4.74 Å². The summed E-state index contributed by atoms with van der Waals surface area (Å²) >= 11 is 7.52. The Kier molecular flexibility index (Phi) is 5.63. The third-order valence-corrected chi connectivity index (χ3v) is 4.19. The van der Waals surface area contributed by atoms with Crippen molar-refractivity contribution in [2.45, 2.75) is 13.3 Å². The first-order chi connectivity index (χ1) is 10.5. The van der Waals surface area contributed by atoms with Crippen LogP contribution in [0.25, 0.3) is 0 Å². The third-order valence-electron chi connectivity index (χ3n) is 3.07. The molecule has 1 aromatic heterocycles. The Morgan fingerprint density at radius 1 is 1.50 bits per heavy atom. The molecule has 0 aliphatic rings. The molecule has 5 nitrogen and oxygen atoms in total. The molecule has 22 heavy (non-hydrogen) atoms. The average Bonchev–Trinajstić information content (AvgIpc) is 3.02. The maximum absolute atomic E-state index is 12.4. The van der Waals surface area contributed by atoms with Crippen molar-refractivity contribution in [3.63, 3.8) is 0 Å². The van der Waals surface area contributed by atoms with Gasteiger partial charge in [0.15, 0.2) is 11.5 Å². The molecule has 0 unspecified atom stereocenters. The molecule has 0 saturated carbocycles. The van der Waals surface area contributed by atoms with Gasteiger partial charge in [-0.1, -0.05) is 11.6 Å². The number of phenols is 1. The Morgan fingerprint density at radius 2 is 2.27 bits per heavy atom. The molecule has 2 rings (SSSR count). The molecule has 0 spiro atoms. The van der Waals surface area contributed by atoms with Crippen LogP contribution in [0.1, 0.15) is 22.3 Å². The van der Waals surface area contributed by atoms with Crippen LogP contribution in [-0.4, -0.2) is 41.1 Å². The monoisotopic (exact) mass is 340 g/mol. The number of hydrogen-bond acceptors (Lipinski definition) is 5. The Morgan fingerprint density at radius 3 is 2.91 bits per heavy atom. The highest BCUT2D eigenvalue weighted by atomic mass is 35.5. The smallest absolute Gasteiger partial charge is 0.253 e. The quantitative estimate of drug-likeness (QED) is 0.877. The van der Waals surface area contributed by atoms with E-state index in [1.54, 1.807) is 36.4 Å². The molecule has 0 bridgehead atoms. The fourth-order valence-corrected chi connectivity index (χ4v) is 2.74. The number of aromatic nitrogens is 1. The number of thiazole rings is 1. The SMILES string of the molecule is CCOc1cc(C(=O)N(C)CCc2nccs2)cc(Cl)c1O. The van der Waals surface area contributed by atoms with Crippen molar-refractivity contribution in [1.29, 1.82) is 0 Å². The van der Waals surface area contributed by atoms with Gasteiger partial charge in [0.1, 0.15) is 0 Å². The van der Waals surface area contributed by atoms with Crippen molar-refractivity contribution in [2.75, 3.05) is 20.2 Å². The summed E-state index contributed by atoms with van der Waals surface area (Å²) in [7, 11) is 1.72. The summed E-state index contributed by atoms with van der Waals surface area (Å²) in [5, 5.41) is 12.8. The second kappa shape index (κ2) is 7.47. The number of ether oxygens (including phenoxy) is 1. The number of amides is 1. The first-order valence-corrected chi connectivity index (χ1v) is 8.07. The lowest BCUT2D eigenvalue weighted by atomic mass is 10.1. The molecule has 0 saturated heterocycles. The van der Waals surface area contributed by atoms with Crippen LogP contribution in [-0.2, 0) is 6.42 Å². The lowest BCUT2D eigenvalue weighted by molar-refractivity contribution is 0.0796. The van der Waals surface area contributed by atoms with E-state index in [-0.39, 0.29) is 22.4 Å². The van der Waals surface area contributed by atoms with Gasteiger partial charge in [-0.3, -0.25) is 4.79 Å². The first kappa shape index (κ1) is 16.6. The van der Waals surface area contributed by atoms with Gasteiger partial charge < -0.3 is 14.7 Å². The van der Waals surface area contributed by atoms with Gasteiger partial charge in [-0.05, 0) is 19.1 Å². The summed E-state index contributed by atoms with van der Waals surface area (Å²) in [6, 6.07) is 2.95. The highest BCUT2D eigenvalue weighted by molar-refractivity contribution is 7.09. The molecule has 1 N–H and O–H groups in total. The molecule has 0 aliphatic heterocycles. The van der Waals surface area contributed by atoms with Gasteiger partial charge >= 0.3 is 0 Å². The number of rotatable bonds is 6. The average molecular weight is 341 g/mol. The van der Waals surface area contributed by atoms with E-state index < -0.39 is 0 Å². The summed E-state index contributed by atoms with van der Waals surface area (Å²) < 4.78 is 5.29. The number of phenolic OH excluding ortho intramolecular Hbond substituents is 1. The molecular weight excluding hydrogens is 324 g/mol. The number of aromatic hydroxyl groups is 1. The van der Waals surface area contributed by atoms with E-state index in [1.807, 2.05) is 5.38 Å². The van der Waals surface area contributed by atoms with Crippen molar-refractivity contribution in [2.24, 2.45) is 0 Å². The lowest BCUT2D eigenvalue weighted by Crippen LogP contribution is -2.28. The van der Waals surface area contributed by atoms with Crippen molar-refractivity contribution in [1.82, 2.24) is 9.88 Å². The van der Waals surface area contributed by atoms with E-state index in [0.717, 1.165) is 5.01 Å². The molecule has 7 heteroatoms. The largest absolute Gasteiger partial charge is 0.503 e. The van der Waals surface area contributed by atoms with Gasteiger partial charge in [-0.25, -0.2) is 4.98 Å². The van der Waals surface area contributed by atoms with E-state index in [2.05, 4.69) is 4.98 Å². The van der Waals surface area contributed by atoms with Gasteiger partial charge in [-0.15, -0.1) is 11.3 Å². The van der Waals surface area contributed by atoms with Gasteiger partial charge in [0.05, 0.1) is 16.6 Å². The number of halogens is 1. The Hall–Kier alpha value is -1.79. The van der Waals surface area contributed by atoms with E-state index in [0.29, 0.717) is 25.1 Å².